The van der Waals surface area contributed by atoms with Crippen LogP contribution in [-0.4, -0.2) is 6.54 Å². The highest BCUT2D eigenvalue weighted by molar-refractivity contribution is 5.31. The third kappa shape index (κ3) is 2.60. The average Bonchev–Trinajstić information content (AvgIpc) is 2.50. The van der Waals surface area contributed by atoms with E-state index in [2.05, 4.69) is 37.4 Å². The van der Waals surface area contributed by atoms with E-state index < -0.39 is 0 Å². The van der Waals surface area contributed by atoms with Crippen molar-refractivity contribution in [2.45, 2.75) is 45.6 Å². The summed E-state index contributed by atoms with van der Waals surface area (Å²) in [5.41, 5.74) is 4.28. The molecule has 0 amide bonds. The summed E-state index contributed by atoms with van der Waals surface area (Å²) in [6.07, 6.45) is 5.38. The monoisotopic (exact) mass is 203 g/mol. The highest BCUT2D eigenvalue weighted by atomic mass is 14.9. The zero-order valence-corrected chi connectivity index (χ0v) is 9.84. The van der Waals surface area contributed by atoms with Crippen LogP contribution in [0.3, 0.4) is 0 Å². The molecule has 2 rings (SSSR count). The zero-order valence-electron chi connectivity index (χ0n) is 9.84. The summed E-state index contributed by atoms with van der Waals surface area (Å²) >= 11 is 0. The number of rotatable bonds is 1. The molecular formula is C14H21N. The van der Waals surface area contributed by atoms with Gasteiger partial charge in [-0.15, -0.1) is 0 Å². The molecule has 0 saturated carbocycles. The Labute approximate surface area is 92.9 Å². The Morgan fingerprint density at radius 2 is 1.93 bits per heavy atom. The summed E-state index contributed by atoms with van der Waals surface area (Å²) < 4.78 is 0. The van der Waals surface area contributed by atoms with Crippen LogP contribution in [0.1, 0.15) is 48.4 Å². The van der Waals surface area contributed by atoms with Crippen molar-refractivity contribution in [2.75, 3.05) is 6.54 Å². The molecule has 1 fully saturated rings. The molecule has 0 spiro atoms. The van der Waals surface area contributed by atoms with Crippen molar-refractivity contribution in [1.82, 2.24) is 5.32 Å². The number of aryl methyl sites for hydroxylation is 2. The second kappa shape index (κ2) is 4.80. The van der Waals surface area contributed by atoms with E-state index in [-0.39, 0.29) is 0 Å². The first-order valence-corrected chi connectivity index (χ1v) is 6.08. The Balaban J connectivity index is 2.16. The van der Waals surface area contributed by atoms with Crippen LogP contribution in [-0.2, 0) is 0 Å². The van der Waals surface area contributed by atoms with Gasteiger partial charge in [-0.2, -0.15) is 0 Å². The Morgan fingerprint density at radius 1 is 1.07 bits per heavy atom. The molecule has 0 aliphatic carbocycles. The molecule has 1 heterocycles. The maximum Gasteiger partial charge on any atom is 0.0320 e. The van der Waals surface area contributed by atoms with Crippen molar-refractivity contribution in [3.63, 3.8) is 0 Å². The van der Waals surface area contributed by atoms with E-state index in [0.29, 0.717) is 6.04 Å². The molecule has 1 heteroatoms. The third-order valence-electron chi connectivity index (χ3n) is 3.49. The van der Waals surface area contributed by atoms with Gasteiger partial charge < -0.3 is 5.32 Å². The van der Waals surface area contributed by atoms with Gasteiger partial charge in [-0.3, -0.25) is 0 Å². The van der Waals surface area contributed by atoms with Crippen molar-refractivity contribution in [1.29, 1.82) is 0 Å². The molecule has 15 heavy (non-hydrogen) atoms. The molecule has 1 atom stereocenters. The van der Waals surface area contributed by atoms with Crippen LogP contribution >= 0.6 is 0 Å². The summed E-state index contributed by atoms with van der Waals surface area (Å²) in [7, 11) is 0. The molecule has 1 aromatic rings. The number of hydrogen-bond acceptors (Lipinski definition) is 1. The van der Waals surface area contributed by atoms with Gasteiger partial charge in [0.15, 0.2) is 0 Å². The Bertz CT molecular complexity index is 322. The summed E-state index contributed by atoms with van der Waals surface area (Å²) in [5.74, 6) is 0. The van der Waals surface area contributed by atoms with E-state index in [0.717, 1.165) is 0 Å². The molecule has 0 radical (unpaired) electrons. The van der Waals surface area contributed by atoms with E-state index in [1.165, 1.54) is 48.9 Å². The molecular weight excluding hydrogens is 182 g/mol. The molecule has 0 aromatic heterocycles. The molecule has 1 saturated heterocycles. The molecule has 1 aliphatic rings. The summed E-state index contributed by atoms with van der Waals surface area (Å²) in [4.78, 5) is 0. The fourth-order valence-corrected chi connectivity index (χ4v) is 2.29. The van der Waals surface area contributed by atoms with Crippen molar-refractivity contribution < 1.29 is 0 Å². The van der Waals surface area contributed by atoms with Gasteiger partial charge in [0.2, 0.25) is 0 Å². The van der Waals surface area contributed by atoms with Crippen molar-refractivity contribution >= 4 is 0 Å². The Kier molecular flexibility index (Phi) is 3.42. The van der Waals surface area contributed by atoms with Crippen LogP contribution in [0.5, 0.6) is 0 Å². The maximum absolute atomic E-state index is 3.64. The lowest BCUT2D eigenvalue weighted by molar-refractivity contribution is 0.534. The average molecular weight is 203 g/mol. The zero-order chi connectivity index (χ0) is 10.7. The summed E-state index contributed by atoms with van der Waals surface area (Å²) in [5, 5.41) is 3.64. The second-order valence-electron chi connectivity index (χ2n) is 4.70. The van der Waals surface area contributed by atoms with E-state index >= 15 is 0 Å². The van der Waals surface area contributed by atoms with Crippen LogP contribution in [0.25, 0.3) is 0 Å². The van der Waals surface area contributed by atoms with Crippen LogP contribution < -0.4 is 5.32 Å². The molecule has 0 bridgehead atoms. The molecule has 1 aromatic carbocycles. The smallest absolute Gasteiger partial charge is 0.0320 e. The van der Waals surface area contributed by atoms with Gasteiger partial charge in [0.25, 0.3) is 0 Å². The van der Waals surface area contributed by atoms with E-state index in [4.69, 9.17) is 0 Å². The fraction of sp³-hybridized carbons (Fsp3) is 0.571. The first kappa shape index (κ1) is 10.7. The lowest BCUT2D eigenvalue weighted by atomic mass is 9.98. The Morgan fingerprint density at radius 3 is 2.73 bits per heavy atom. The maximum atomic E-state index is 3.64. The first-order valence-electron chi connectivity index (χ1n) is 6.08. The first-order chi connectivity index (χ1) is 7.27. The van der Waals surface area contributed by atoms with Gasteiger partial charge in [-0.1, -0.05) is 31.0 Å². The standard InChI is InChI=1S/C14H21N/c1-11-7-8-13(10-12(11)2)14-6-4-3-5-9-15-14/h7-8,10,14-15H,3-6,9H2,1-2H3/t14-/m1/s1. The normalized spacial score (nSPS) is 22.4. The lowest BCUT2D eigenvalue weighted by Gasteiger charge is -2.17. The van der Waals surface area contributed by atoms with E-state index in [1.807, 2.05) is 0 Å². The summed E-state index contributed by atoms with van der Waals surface area (Å²) in [6, 6.07) is 7.47. The quantitative estimate of drug-likeness (QED) is 0.736. The van der Waals surface area contributed by atoms with Gasteiger partial charge in [0.1, 0.15) is 0 Å². The fourth-order valence-electron chi connectivity index (χ4n) is 2.29. The Hall–Kier alpha value is -0.820. The van der Waals surface area contributed by atoms with Crippen LogP contribution in [0.2, 0.25) is 0 Å². The number of benzene rings is 1. The van der Waals surface area contributed by atoms with Gasteiger partial charge in [-0.25, -0.2) is 0 Å². The minimum Gasteiger partial charge on any atom is -0.310 e. The lowest BCUT2D eigenvalue weighted by Crippen LogP contribution is -2.20. The van der Waals surface area contributed by atoms with E-state index in [9.17, 15) is 0 Å². The van der Waals surface area contributed by atoms with Gasteiger partial charge >= 0.3 is 0 Å². The van der Waals surface area contributed by atoms with Crippen LogP contribution in [0, 0.1) is 13.8 Å². The SMILES string of the molecule is Cc1ccc([C@H]2CCCCCN2)cc1C. The van der Waals surface area contributed by atoms with Crippen molar-refractivity contribution in [3.05, 3.63) is 34.9 Å². The minimum absolute atomic E-state index is 0.590. The number of hydrogen-bond donors (Lipinski definition) is 1. The minimum atomic E-state index is 0.590. The predicted molar refractivity (Wildman–Crippen MR) is 65.1 cm³/mol. The predicted octanol–water partition coefficient (Wildman–Crippen LogP) is 3.51. The van der Waals surface area contributed by atoms with Gasteiger partial charge in [0, 0.05) is 6.04 Å². The topological polar surface area (TPSA) is 12.0 Å². The third-order valence-corrected chi connectivity index (χ3v) is 3.49. The van der Waals surface area contributed by atoms with Crippen molar-refractivity contribution in [2.24, 2.45) is 0 Å². The molecule has 1 aliphatic heterocycles. The van der Waals surface area contributed by atoms with Crippen LogP contribution in [0.15, 0.2) is 18.2 Å². The highest BCUT2D eigenvalue weighted by Gasteiger charge is 2.13. The summed E-state index contributed by atoms with van der Waals surface area (Å²) in [6.45, 7) is 5.56. The van der Waals surface area contributed by atoms with E-state index in [1.54, 1.807) is 0 Å². The van der Waals surface area contributed by atoms with Gasteiger partial charge in [-0.05, 0) is 49.9 Å². The van der Waals surface area contributed by atoms with Crippen LogP contribution in [0.4, 0.5) is 0 Å². The largest absolute Gasteiger partial charge is 0.310 e. The molecule has 1 nitrogen and oxygen atoms in total. The highest BCUT2D eigenvalue weighted by Crippen LogP contribution is 2.24. The molecule has 82 valence electrons. The van der Waals surface area contributed by atoms with Crippen molar-refractivity contribution in [3.8, 4) is 0 Å². The van der Waals surface area contributed by atoms with Gasteiger partial charge in [0.05, 0.1) is 0 Å². The molecule has 0 unspecified atom stereocenters. The molecule has 1 N–H and O–H groups in total. The number of nitrogens with one attached hydrogen (secondary N) is 1. The second-order valence-corrected chi connectivity index (χ2v) is 4.70.